The Morgan fingerprint density at radius 2 is 1.76 bits per heavy atom. The van der Waals surface area contributed by atoms with E-state index in [1.807, 2.05) is 0 Å². The summed E-state index contributed by atoms with van der Waals surface area (Å²) in [7, 11) is 0. The number of carbonyl (C=O) groups is 1. The molecule has 1 fully saturated rings. The number of hydrogen-bond donors (Lipinski definition) is 1. The van der Waals surface area contributed by atoms with Gasteiger partial charge in [0.15, 0.2) is 0 Å². The van der Waals surface area contributed by atoms with Crippen LogP contribution in [0.5, 0.6) is 0 Å². The van der Waals surface area contributed by atoms with E-state index in [0.717, 1.165) is 25.9 Å². The van der Waals surface area contributed by atoms with Crippen molar-refractivity contribution in [3.63, 3.8) is 0 Å². The van der Waals surface area contributed by atoms with Crippen LogP contribution in [0.4, 0.5) is 5.69 Å². The second-order valence-corrected chi connectivity index (χ2v) is 4.84. The molecule has 1 aromatic carbocycles. The maximum Gasteiger partial charge on any atom is 0.306 e. The lowest BCUT2D eigenvalue weighted by Gasteiger charge is -2.34. The van der Waals surface area contributed by atoms with Crippen LogP contribution < -0.4 is 4.90 Å². The van der Waals surface area contributed by atoms with Crippen LogP contribution in [0.15, 0.2) is 18.2 Å². The number of para-hydroxylation sites is 1. The number of hydrogen-bond acceptors (Lipinski definition) is 2. The summed E-state index contributed by atoms with van der Waals surface area (Å²) in [6, 6.07) is 6.30. The van der Waals surface area contributed by atoms with Gasteiger partial charge < -0.3 is 10.0 Å². The van der Waals surface area contributed by atoms with Gasteiger partial charge in [0.05, 0.1) is 5.92 Å². The molecule has 0 aromatic heterocycles. The Hall–Kier alpha value is -1.51. The SMILES string of the molecule is Cc1cccc(C)c1N1CCC(C(=O)O)CC1. The lowest BCUT2D eigenvalue weighted by atomic mass is 9.95. The Morgan fingerprint density at radius 1 is 1.24 bits per heavy atom. The highest BCUT2D eigenvalue weighted by Gasteiger charge is 2.25. The average molecular weight is 233 g/mol. The van der Waals surface area contributed by atoms with Crippen LogP contribution in [0.25, 0.3) is 0 Å². The lowest BCUT2D eigenvalue weighted by Crippen LogP contribution is -2.37. The van der Waals surface area contributed by atoms with E-state index in [4.69, 9.17) is 5.11 Å². The molecule has 17 heavy (non-hydrogen) atoms. The molecule has 2 rings (SSSR count). The molecule has 0 amide bonds. The fraction of sp³-hybridized carbons (Fsp3) is 0.500. The Labute approximate surface area is 102 Å². The van der Waals surface area contributed by atoms with Gasteiger partial charge in [0.2, 0.25) is 0 Å². The molecule has 0 bridgehead atoms. The van der Waals surface area contributed by atoms with Gasteiger partial charge in [-0.25, -0.2) is 0 Å². The molecule has 0 saturated carbocycles. The quantitative estimate of drug-likeness (QED) is 0.853. The van der Waals surface area contributed by atoms with Gasteiger partial charge in [-0.15, -0.1) is 0 Å². The molecular formula is C14H19NO2. The van der Waals surface area contributed by atoms with Crippen molar-refractivity contribution in [3.05, 3.63) is 29.3 Å². The number of nitrogens with zero attached hydrogens (tertiary/aromatic N) is 1. The number of aryl methyl sites for hydroxylation is 2. The maximum atomic E-state index is 10.9. The lowest BCUT2D eigenvalue weighted by molar-refractivity contribution is -0.142. The molecule has 3 heteroatoms. The van der Waals surface area contributed by atoms with E-state index in [1.54, 1.807) is 0 Å². The van der Waals surface area contributed by atoms with Crippen molar-refractivity contribution >= 4 is 11.7 Å². The fourth-order valence-electron chi connectivity index (χ4n) is 2.65. The second-order valence-electron chi connectivity index (χ2n) is 4.84. The molecule has 92 valence electrons. The third-order valence-electron chi connectivity index (χ3n) is 3.60. The summed E-state index contributed by atoms with van der Waals surface area (Å²) in [4.78, 5) is 13.2. The van der Waals surface area contributed by atoms with Crippen LogP contribution >= 0.6 is 0 Å². The molecule has 0 radical (unpaired) electrons. The van der Waals surface area contributed by atoms with Crippen LogP contribution in [0, 0.1) is 19.8 Å². The summed E-state index contributed by atoms with van der Waals surface area (Å²) in [5, 5.41) is 8.99. The molecule has 3 nitrogen and oxygen atoms in total. The van der Waals surface area contributed by atoms with Crippen LogP contribution in [0.2, 0.25) is 0 Å². The van der Waals surface area contributed by atoms with E-state index in [0.29, 0.717) is 0 Å². The van der Waals surface area contributed by atoms with E-state index >= 15 is 0 Å². The number of anilines is 1. The molecule has 1 N–H and O–H groups in total. The minimum atomic E-state index is -0.647. The largest absolute Gasteiger partial charge is 0.481 e. The van der Waals surface area contributed by atoms with E-state index in [9.17, 15) is 4.79 Å². The normalized spacial score (nSPS) is 17.2. The van der Waals surface area contributed by atoms with E-state index in [-0.39, 0.29) is 5.92 Å². The Morgan fingerprint density at radius 3 is 2.24 bits per heavy atom. The van der Waals surface area contributed by atoms with Crippen molar-refractivity contribution in [3.8, 4) is 0 Å². The zero-order chi connectivity index (χ0) is 12.4. The zero-order valence-corrected chi connectivity index (χ0v) is 10.4. The molecule has 1 aliphatic rings. The molecule has 0 aliphatic carbocycles. The first-order valence-corrected chi connectivity index (χ1v) is 6.13. The van der Waals surface area contributed by atoms with Crippen molar-refractivity contribution in [2.45, 2.75) is 26.7 Å². The van der Waals surface area contributed by atoms with E-state index < -0.39 is 5.97 Å². The highest BCUT2D eigenvalue weighted by Crippen LogP contribution is 2.29. The van der Waals surface area contributed by atoms with Gasteiger partial charge in [0, 0.05) is 18.8 Å². The average Bonchev–Trinajstić information content (AvgIpc) is 2.29. The van der Waals surface area contributed by atoms with Crippen LogP contribution in [-0.4, -0.2) is 24.2 Å². The molecule has 0 atom stereocenters. The predicted molar refractivity (Wildman–Crippen MR) is 68.5 cm³/mol. The summed E-state index contributed by atoms with van der Waals surface area (Å²) in [6.45, 7) is 5.93. The Balaban J connectivity index is 2.13. The van der Waals surface area contributed by atoms with E-state index in [1.165, 1.54) is 16.8 Å². The molecule has 1 aliphatic heterocycles. The Bertz CT molecular complexity index is 400. The van der Waals surface area contributed by atoms with E-state index in [2.05, 4.69) is 36.9 Å². The van der Waals surface area contributed by atoms with Gasteiger partial charge in [-0.05, 0) is 37.8 Å². The van der Waals surface area contributed by atoms with Crippen molar-refractivity contribution in [1.82, 2.24) is 0 Å². The standard InChI is InChI=1S/C14H19NO2/c1-10-4-3-5-11(2)13(10)15-8-6-12(7-9-15)14(16)17/h3-5,12H,6-9H2,1-2H3,(H,16,17). The number of aliphatic carboxylic acids is 1. The van der Waals surface area contributed by atoms with Crippen molar-refractivity contribution in [2.24, 2.45) is 5.92 Å². The Kier molecular flexibility index (Phi) is 3.36. The molecular weight excluding hydrogens is 214 g/mol. The monoisotopic (exact) mass is 233 g/mol. The smallest absolute Gasteiger partial charge is 0.306 e. The van der Waals surface area contributed by atoms with Gasteiger partial charge in [0.25, 0.3) is 0 Å². The molecule has 0 spiro atoms. The first kappa shape index (κ1) is 12.0. The third kappa shape index (κ3) is 2.43. The topological polar surface area (TPSA) is 40.5 Å². The summed E-state index contributed by atoms with van der Waals surface area (Å²) < 4.78 is 0. The van der Waals surface area contributed by atoms with Gasteiger partial charge in [-0.2, -0.15) is 0 Å². The first-order valence-electron chi connectivity index (χ1n) is 6.13. The first-order chi connectivity index (χ1) is 8.09. The van der Waals surface area contributed by atoms with Crippen LogP contribution in [0.3, 0.4) is 0 Å². The number of piperidine rings is 1. The van der Waals surface area contributed by atoms with Gasteiger partial charge in [-0.3, -0.25) is 4.79 Å². The molecule has 1 saturated heterocycles. The second kappa shape index (κ2) is 4.78. The number of rotatable bonds is 2. The maximum absolute atomic E-state index is 10.9. The van der Waals surface area contributed by atoms with Crippen molar-refractivity contribution in [2.75, 3.05) is 18.0 Å². The minimum absolute atomic E-state index is 0.157. The third-order valence-corrected chi connectivity index (χ3v) is 3.60. The highest BCUT2D eigenvalue weighted by molar-refractivity contribution is 5.70. The molecule has 1 heterocycles. The van der Waals surface area contributed by atoms with Crippen LogP contribution in [-0.2, 0) is 4.79 Å². The fourth-order valence-corrected chi connectivity index (χ4v) is 2.65. The summed E-state index contributed by atoms with van der Waals surface area (Å²) >= 11 is 0. The summed E-state index contributed by atoms with van der Waals surface area (Å²) in [6.07, 6.45) is 1.51. The number of benzene rings is 1. The van der Waals surface area contributed by atoms with Gasteiger partial charge in [0.1, 0.15) is 0 Å². The summed E-state index contributed by atoms with van der Waals surface area (Å²) in [5.41, 5.74) is 3.84. The van der Waals surface area contributed by atoms with Gasteiger partial charge >= 0.3 is 5.97 Å². The number of carboxylic acids is 1. The number of carboxylic acid groups (broad SMARTS) is 1. The van der Waals surface area contributed by atoms with Crippen molar-refractivity contribution < 1.29 is 9.90 Å². The van der Waals surface area contributed by atoms with Gasteiger partial charge in [-0.1, -0.05) is 18.2 Å². The zero-order valence-electron chi connectivity index (χ0n) is 10.4. The molecule has 1 aromatic rings. The summed E-state index contributed by atoms with van der Waals surface area (Å²) in [5.74, 6) is -0.804. The highest BCUT2D eigenvalue weighted by atomic mass is 16.4. The molecule has 0 unspecified atom stereocenters. The van der Waals surface area contributed by atoms with Crippen LogP contribution in [0.1, 0.15) is 24.0 Å². The predicted octanol–water partition coefficient (Wildman–Crippen LogP) is 2.60. The minimum Gasteiger partial charge on any atom is -0.481 e. The van der Waals surface area contributed by atoms with Crippen molar-refractivity contribution in [1.29, 1.82) is 0 Å².